The zero-order valence-corrected chi connectivity index (χ0v) is 6.57. The van der Waals surface area contributed by atoms with Crippen LogP contribution in [0.2, 0.25) is 0 Å². The molecule has 2 heteroatoms. The molecular weight excluding hydrogens is 138 g/mol. The average molecular weight is 151 g/mol. The third kappa shape index (κ3) is 1.46. The van der Waals surface area contributed by atoms with Gasteiger partial charge in [0.15, 0.2) is 0 Å². The Hall–Kier alpha value is -0.760. The Morgan fingerprint density at radius 3 is 2.73 bits per heavy atom. The van der Waals surface area contributed by atoms with E-state index in [-0.39, 0.29) is 0 Å². The smallest absolute Gasteiger partial charge is 0.0673 e. The number of rotatable bonds is 1. The summed E-state index contributed by atoms with van der Waals surface area (Å²) in [6.45, 7) is 1.83. The summed E-state index contributed by atoms with van der Waals surface area (Å²) in [5, 5.41) is 0. The lowest BCUT2D eigenvalue weighted by atomic mass is 10.1. The van der Waals surface area contributed by atoms with E-state index < -0.39 is 0 Å². The van der Waals surface area contributed by atoms with Gasteiger partial charge >= 0.3 is 0 Å². The van der Waals surface area contributed by atoms with Gasteiger partial charge in [-0.05, 0) is 25.0 Å². The molecule has 0 spiro atoms. The van der Waals surface area contributed by atoms with Crippen LogP contribution < -0.4 is 0 Å². The Labute approximate surface area is 66.8 Å². The molecule has 60 valence electrons. The fraction of sp³-hybridized carbons (Fsp3) is 0.556. The van der Waals surface area contributed by atoms with Crippen LogP contribution in [0.4, 0.5) is 0 Å². The van der Waals surface area contributed by atoms with E-state index in [4.69, 9.17) is 4.74 Å². The van der Waals surface area contributed by atoms with Gasteiger partial charge in [-0.25, -0.2) is 0 Å². The zero-order valence-electron chi connectivity index (χ0n) is 6.57. The normalized spacial score (nSPS) is 25.3. The van der Waals surface area contributed by atoms with Crippen molar-refractivity contribution in [1.82, 2.24) is 4.57 Å². The lowest BCUT2D eigenvalue weighted by molar-refractivity contribution is 0.0593. The molecule has 1 aromatic heterocycles. The first-order valence-corrected chi connectivity index (χ1v) is 4.17. The van der Waals surface area contributed by atoms with Gasteiger partial charge in [0.2, 0.25) is 0 Å². The molecule has 0 aliphatic carbocycles. The molecule has 1 aromatic rings. The lowest BCUT2D eigenvalue weighted by Gasteiger charge is -2.23. The Bertz CT molecular complexity index is 199. The van der Waals surface area contributed by atoms with E-state index in [1.165, 1.54) is 12.8 Å². The van der Waals surface area contributed by atoms with Crippen LogP contribution >= 0.6 is 0 Å². The molecule has 11 heavy (non-hydrogen) atoms. The van der Waals surface area contributed by atoms with Gasteiger partial charge in [-0.1, -0.05) is 0 Å². The molecule has 1 atom stereocenters. The highest BCUT2D eigenvalue weighted by Gasteiger charge is 2.13. The van der Waals surface area contributed by atoms with Crippen molar-refractivity contribution in [2.24, 2.45) is 0 Å². The minimum atomic E-state index is 0.582. The summed E-state index contributed by atoms with van der Waals surface area (Å²) in [6, 6.07) is 4.71. The van der Waals surface area contributed by atoms with E-state index in [0.29, 0.717) is 6.04 Å². The molecule has 0 saturated carbocycles. The van der Waals surface area contributed by atoms with Crippen molar-refractivity contribution in [2.75, 3.05) is 13.2 Å². The van der Waals surface area contributed by atoms with Crippen molar-refractivity contribution in [2.45, 2.75) is 18.9 Å². The van der Waals surface area contributed by atoms with Crippen molar-refractivity contribution >= 4 is 0 Å². The van der Waals surface area contributed by atoms with E-state index >= 15 is 0 Å². The topological polar surface area (TPSA) is 14.2 Å². The van der Waals surface area contributed by atoms with Crippen LogP contribution in [0.1, 0.15) is 18.9 Å². The molecule has 0 aromatic carbocycles. The first kappa shape index (κ1) is 6.92. The minimum absolute atomic E-state index is 0.582. The molecule has 0 amide bonds. The fourth-order valence-electron chi connectivity index (χ4n) is 1.55. The van der Waals surface area contributed by atoms with Crippen molar-refractivity contribution in [1.29, 1.82) is 0 Å². The third-order valence-electron chi connectivity index (χ3n) is 2.19. The zero-order chi connectivity index (χ0) is 7.52. The largest absolute Gasteiger partial charge is 0.379 e. The SMILES string of the molecule is c1ccn(C2CCCOC2)c1. The monoisotopic (exact) mass is 151 g/mol. The van der Waals surface area contributed by atoms with Crippen LogP contribution in [-0.2, 0) is 4.74 Å². The molecule has 2 nitrogen and oxygen atoms in total. The van der Waals surface area contributed by atoms with Crippen LogP contribution in [0.5, 0.6) is 0 Å². The molecule has 1 unspecified atom stereocenters. The summed E-state index contributed by atoms with van der Waals surface area (Å²) < 4.78 is 7.62. The number of ether oxygens (including phenoxy) is 1. The quantitative estimate of drug-likeness (QED) is 0.597. The molecule has 1 fully saturated rings. The van der Waals surface area contributed by atoms with Crippen molar-refractivity contribution in [3.63, 3.8) is 0 Å². The molecular formula is C9H13NO. The van der Waals surface area contributed by atoms with Crippen LogP contribution in [0.15, 0.2) is 24.5 Å². The number of nitrogens with zero attached hydrogens (tertiary/aromatic N) is 1. The maximum Gasteiger partial charge on any atom is 0.0673 e. The summed E-state index contributed by atoms with van der Waals surface area (Å²) in [5.74, 6) is 0. The fourth-order valence-corrected chi connectivity index (χ4v) is 1.55. The highest BCUT2D eigenvalue weighted by molar-refractivity contribution is 4.93. The van der Waals surface area contributed by atoms with E-state index in [9.17, 15) is 0 Å². The first-order valence-electron chi connectivity index (χ1n) is 4.17. The van der Waals surface area contributed by atoms with Crippen molar-refractivity contribution in [3.8, 4) is 0 Å². The van der Waals surface area contributed by atoms with E-state index in [1.807, 2.05) is 0 Å². The summed E-state index contributed by atoms with van der Waals surface area (Å²) >= 11 is 0. The summed E-state index contributed by atoms with van der Waals surface area (Å²) in [6.07, 6.45) is 6.68. The van der Waals surface area contributed by atoms with Gasteiger partial charge < -0.3 is 9.30 Å². The molecule has 0 bridgehead atoms. The third-order valence-corrected chi connectivity index (χ3v) is 2.19. The van der Waals surface area contributed by atoms with Gasteiger partial charge in [0.25, 0.3) is 0 Å². The van der Waals surface area contributed by atoms with E-state index in [1.54, 1.807) is 0 Å². The summed E-state index contributed by atoms with van der Waals surface area (Å²) in [7, 11) is 0. The van der Waals surface area contributed by atoms with Crippen molar-refractivity contribution in [3.05, 3.63) is 24.5 Å². The number of hydrogen-bond acceptors (Lipinski definition) is 1. The molecule has 1 saturated heterocycles. The maximum absolute atomic E-state index is 5.39. The number of aromatic nitrogens is 1. The van der Waals surface area contributed by atoms with Gasteiger partial charge in [0.05, 0.1) is 12.6 Å². The Morgan fingerprint density at radius 1 is 1.27 bits per heavy atom. The maximum atomic E-state index is 5.39. The molecule has 0 radical (unpaired) electrons. The first-order chi connectivity index (χ1) is 5.47. The molecule has 2 rings (SSSR count). The van der Waals surface area contributed by atoms with Crippen LogP contribution in [-0.4, -0.2) is 17.8 Å². The Balaban J connectivity index is 2.04. The Kier molecular flexibility index (Phi) is 1.95. The van der Waals surface area contributed by atoms with Gasteiger partial charge in [-0.15, -0.1) is 0 Å². The molecule has 1 aliphatic rings. The van der Waals surface area contributed by atoms with Crippen LogP contribution in [0, 0.1) is 0 Å². The number of hydrogen-bond donors (Lipinski definition) is 0. The molecule has 1 aliphatic heterocycles. The van der Waals surface area contributed by atoms with Crippen LogP contribution in [0.25, 0.3) is 0 Å². The standard InChI is InChI=1S/C9H13NO/c1-2-6-10(5-1)9-4-3-7-11-8-9/h1-2,5-6,9H,3-4,7-8H2. The summed E-state index contributed by atoms with van der Waals surface area (Å²) in [5.41, 5.74) is 0. The highest BCUT2D eigenvalue weighted by Crippen LogP contribution is 2.18. The van der Waals surface area contributed by atoms with Crippen LogP contribution in [0.3, 0.4) is 0 Å². The molecule has 2 heterocycles. The Morgan fingerprint density at radius 2 is 2.09 bits per heavy atom. The van der Waals surface area contributed by atoms with Gasteiger partial charge in [0.1, 0.15) is 0 Å². The van der Waals surface area contributed by atoms with E-state index in [2.05, 4.69) is 29.1 Å². The van der Waals surface area contributed by atoms with Gasteiger partial charge in [-0.2, -0.15) is 0 Å². The van der Waals surface area contributed by atoms with Gasteiger partial charge in [-0.3, -0.25) is 0 Å². The average Bonchev–Trinajstić information content (AvgIpc) is 2.58. The molecule has 0 N–H and O–H groups in total. The van der Waals surface area contributed by atoms with E-state index in [0.717, 1.165) is 13.2 Å². The second-order valence-electron chi connectivity index (χ2n) is 3.00. The predicted octanol–water partition coefficient (Wildman–Crippen LogP) is 1.84. The van der Waals surface area contributed by atoms with Gasteiger partial charge in [0, 0.05) is 19.0 Å². The second kappa shape index (κ2) is 3.09. The predicted molar refractivity (Wildman–Crippen MR) is 43.5 cm³/mol. The lowest BCUT2D eigenvalue weighted by Crippen LogP contribution is -2.19. The second-order valence-corrected chi connectivity index (χ2v) is 3.00. The minimum Gasteiger partial charge on any atom is -0.379 e. The van der Waals surface area contributed by atoms with Crippen molar-refractivity contribution < 1.29 is 4.74 Å². The highest BCUT2D eigenvalue weighted by atomic mass is 16.5. The summed E-state index contributed by atoms with van der Waals surface area (Å²) in [4.78, 5) is 0.